The summed E-state index contributed by atoms with van der Waals surface area (Å²) in [6.45, 7) is 2.69. The van der Waals surface area contributed by atoms with E-state index in [2.05, 4.69) is 12.1 Å². The molecule has 1 aliphatic rings. The predicted octanol–water partition coefficient (Wildman–Crippen LogP) is 4.12. The van der Waals surface area contributed by atoms with Gasteiger partial charge in [-0.3, -0.25) is 9.59 Å². The second kappa shape index (κ2) is 10.9. The number of carbonyl (C=O) groups is 2. The zero-order valence-corrected chi connectivity index (χ0v) is 15.4. The first-order valence-corrected chi connectivity index (χ1v) is 9.69. The molecule has 0 radical (unpaired) electrons. The van der Waals surface area contributed by atoms with E-state index in [1.165, 1.54) is 31.2 Å². The Hall–Kier alpha value is -1.84. The Morgan fingerprint density at radius 1 is 1.04 bits per heavy atom. The number of hydrogen-bond acceptors (Lipinski definition) is 3. The van der Waals surface area contributed by atoms with Crippen LogP contribution in [0.2, 0.25) is 0 Å². The molecule has 1 amide bonds. The molecule has 0 aromatic heterocycles. The van der Waals surface area contributed by atoms with Crippen molar-refractivity contribution < 1.29 is 14.3 Å². The molecule has 1 saturated carbocycles. The molecule has 0 spiro atoms. The molecule has 1 fully saturated rings. The number of nitrogens with zero attached hydrogens (tertiary/aromatic N) is 1. The molecule has 0 bridgehead atoms. The Morgan fingerprint density at radius 2 is 1.72 bits per heavy atom. The number of benzene rings is 1. The number of ether oxygens (including phenoxy) is 1. The minimum atomic E-state index is -0.211. The van der Waals surface area contributed by atoms with E-state index in [4.69, 9.17) is 4.74 Å². The summed E-state index contributed by atoms with van der Waals surface area (Å²) in [5.41, 5.74) is 1.18. The fourth-order valence-corrected chi connectivity index (χ4v) is 3.56. The van der Waals surface area contributed by atoms with E-state index in [0.29, 0.717) is 26.0 Å². The number of hydrogen-bond donors (Lipinski definition) is 0. The highest BCUT2D eigenvalue weighted by Crippen LogP contribution is 2.23. The fourth-order valence-electron chi connectivity index (χ4n) is 3.56. The number of aryl methyl sites for hydroxylation is 1. The van der Waals surface area contributed by atoms with Crippen LogP contribution in [-0.4, -0.2) is 36.0 Å². The van der Waals surface area contributed by atoms with Gasteiger partial charge in [-0.05, 0) is 31.7 Å². The van der Waals surface area contributed by atoms with Crippen molar-refractivity contribution >= 4 is 11.9 Å². The molecule has 4 heteroatoms. The second-order valence-corrected chi connectivity index (χ2v) is 6.77. The van der Waals surface area contributed by atoms with Crippen LogP contribution in [-0.2, 0) is 20.7 Å². The van der Waals surface area contributed by atoms with Crippen LogP contribution in [0.25, 0.3) is 0 Å². The van der Waals surface area contributed by atoms with Crippen LogP contribution in [0.1, 0.15) is 63.9 Å². The topological polar surface area (TPSA) is 46.6 Å². The van der Waals surface area contributed by atoms with E-state index in [-0.39, 0.29) is 17.9 Å². The highest BCUT2D eigenvalue weighted by atomic mass is 16.5. The molecule has 1 aliphatic carbocycles. The van der Waals surface area contributed by atoms with Gasteiger partial charge in [-0.15, -0.1) is 0 Å². The van der Waals surface area contributed by atoms with E-state index in [1.54, 1.807) is 0 Å². The Kier molecular flexibility index (Phi) is 8.50. The van der Waals surface area contributed by atoms with Crippen LogP contribution < -0.4 is 0 Å². The Morgan fingerprint density at radius 3 is 2.36 bits per heavy atom. The van der Waals surface area contributed by atoms with E-state index < -0.39 is 0 Å². The standard InChI is InChI=1S/C21H31NO3/c1-2-25-21(24)16-17-22(19-12-8-3-4-9-13-19)20(23)15-14-18-10-6-5-7-11-18/h5-7,10-11,19H,2-4,8-9,12-17H2,1H3. The average molecular weight is 345 g/mol. The smallest absolute Gasteiger partial charge is 0.307 e. The maximum atomic E-state index is 12.9. The van der Waals surface area contributed by atoms with Gasteiger partial charge < -0.3 is 9.64 Å². The summed E-state index contributed by atoms with van der Waals surface area (Å²) in [4.78, 5) is 26.6. The quantitative estimate of drug-likeness (QED) is 0.526. The first kappa shape index (κ1) is 19.5. The summed E-state index contributed by atoms with van der Waals surface area (Å²) in [6, 6.07) is 10.4. The van der Waals surface area contributed by atoms with Crippen molar-refractivity contribution in [2.24, 2.45) is 0 Å². The van der Waals surface area contributed by atoms with E-state index in [0.717, 1.165) is 19.3 Å². The van der Waals surface area contributed by atoms with Crippen LogP contribution in [0.3, 0.4) is 0 Å². The molecular formula is C21H31NO3. The molecule has 0 aliphatic heterocycles. The third-order valence-corrected chi connectivity index (χ3v) is 4.92. The van der Waals surface area contributed by atoms with Crippen molar-refractivity contribution in [3.05, 3.63) is 35.9 Å². The predicted molar refractivity (Wildman–Crippen MR) is 99.2 cm³/mol. The lowest BCUT2D eigenvalue weighted by Crippen LogP contribution is -2.41. The number of esters is 1. The number of amides is 1. The van der Waals surface area contributed by atoms with Gasteiger partial charge in [0.15, 0.2) is 0 Å². The van der Waals surface area contributed by atoms with E-state index in [1.807, 2.05) is 30.0 Å². The van der Waals surface area contributed by atoms with Gasteiger partial charge in [-0.2, -0.15) is 0 Å². The lowest BCUT2D eigenvalue weighted by atomic mass is 10.0. The van der Waals surface area contributed by atoms with E-state index in [9.17, 15) is 9.59 Å². The first-order chi connectivity index (χ1) is 12.2. The highest BCUT2D eigenvalue weighted by Gasteiger charge is 2.25. The largest absolute Gasteiger partial charge is 0.466 e. The molecule has 1 aromatic carbocycles. The maximum Gasteiger partial charge on any atom is 0.307 e. The molecule has 0 N–H and O–H groups in total. The van der Waals surface area contributed by atoms with Gasteiger partial charge in [-0.1, -0.05) is 56.0 Å². The van der Waals surface area contributed by atoms with Crippen LogP contribution in [0.15, 0.2) is 30.3 Å². The molecule has 0 atom stereocenters. The van der Waals surface area contributed by atoms with Crippen LogP contribution in [0.4, 0.5) is 0 Å². The van der Waals surface area contributed by atoms with Gasteiger partial charge >= 0.3 is 5.97 Å². The van der Waals surface area contributed by atoms with Crippen LogP contribution >= 0.6 is 0 Å². The van der Waals surface area contributed by atoms with Crippen molar-refractivity contribution in [1.29, 1.82) is 0 Å². The van der Waals surface area contributed by atoms with Gasteiger partial charge in [0, 0.05) is 19.0 Å². The minimum absolute atomic E-state index is 0.167. The van der Waals surface area contributed by atoms with Gasteiger partial charge in [-0.25, -0.2) is 0 Å². The van der Waals surface area contributed by atoms with Gasteiger partial charge in [0.2, 0.25) is 5.91 Å². The second-order valence-electron chi connectivity index (χ2n) is 6.77. The van der Waals surface area contributed by atoms with Crippen molar-refractivity contribution in [2.45, 2.75) is 70.8 Å². The molecule has 1 aromatic rings. The molecule has 4 nitrogen and oxygen atoms in total. The van der Waals surface area contributed by atoms with Gasteiger partial charge in [0.25, 0.3) is 0 Å². The summed E-state index contributed by atoms with van der Waals surface area (Å²) >= 11 is 0. The van der Waals surface area contributed by atoms with Gasteiger partial charge in [0.05, 0.1) is 13.0 Å². The van der Waals surface area contributed by atoms with Crippen LogP contribution in [0.5, 0.6) is 0 Å². The normalized spacial score (nSPS) is 15.4. The van der Waals surface area contributed by atoms with Crippen molar-refractivity contribution in [1.82, 2.24) is 4.90 Å². The molecule has 0 heterocycles. The van der Waals surface area contributed by atoms with Crippen LogP contribution in [0, 0.1) is 0 Å². The number of carbonyl (C=O) groups excluding carboxylic acids is 2. The van der Waals surface area contributed by atoms with Crippen molar-refractivity contribution in [2.75, 3.05) is 13.2 Å². The lowest BCUT2D eigenvalue weighted by molar-refractivity contribution is -0.144. The molecular weight excluding hydrogens is 314 g/mol. The molecule has 0 unspecified atom stereocenters. The fraction of sp³-hybridized carbons (Fsp3) is 0.619. The Bertz CT molecular complexity index is 521. The zero-order valence-electron chi connectivity index (χ0n) is 15.4. The van der Waals surface area contributed by atoms with E-state index >= 15 is 0 Å². The summed E-state index contributed by atoms with van der Waals surface area (Å²) < 4.78 is 5.04. The van der Waals surface area contributed by atoms with Crippen molar-refractivity contribution in [3.63, 3.8) is 0 Å². The molecule has 2 rings (SSSR count). The average Bonchev–Trinajstić information content (AvgIpc) is 2.91. The molecule has 0 saturated heterocycles. The molecule has 138 valence electrons. The first-order valence-electron chi connectivity index (χ1n) is 9.69. The third-order valence-electron chi connectivity index (χ3n) is 4.92. The summed E-state index contributed by atoms with van der Waals surface area (Å²) in [6.07, 6.45) is 8.51. The maximum absolute atomic E-state index is 12.9. The SMILES string of the molecule is CCOC(=O)CCN(C(=O)CCc1ccccc1)C1CCCCCC1. The summed E-state index contributed by atoms with van der Waals surface area (Å²) in [7, 11) is 0. The molecule has 25 heavy (non-hydrogen) atoms. The highest BCUT2D eigenvalue weighted by molar-refractivity contribution is 5.78. The monoisotopic (exact) mass is 345 g/mol. The summed E-state index contributed by atoms with van der Waals surface area (Å²) in [5.74, 6) is -0.0444. The minimum Gasteiger partial charge on any atom is -0.466 e. The summed E-state index contributed by atoms with van der Waals surface area (Å²) in [5, 5.41) is 0. The number of rotatable bonds is 8. The van der Waals surface area contributed by atoms with Gasteiger partial charge in [0.1, 0.15) is 0 Å². The van der Waals surface area contributed by atoms with Crippen molar-refractivity contribution in [3.8, 4) is 0 Å². The Labute approximate surface area is 151 Å². The Balaban J connectivity index is 1.95. The lowest BCUT2D eigenvalue weighted by Gasteiger charge is -2.31. The zero-order chi connectivity index (χ0) is 17.9. The third kappa shape index (κ3) is 6.89.